The summed E-state index contributed by atoms with van der Waals surface area (Å²) in [6, 6.07) is 0. The fourth-order valence-electron chi connectivity index (χ4n) is 3.49. The van der Waals surface area contributed by atoms with Crippen LogP contribution in [-0.4, -0.2) is 21.6 Å². The van der Waals surface area contributed by atoms with E-state index in [1.54, 1.807) is 0 Å². The number of imidazole rings is 1. The normalized spacial score (nSPS) is 24.0. The molecule has 1 heterocycles. The van der Waals surface area contributed by atoms with Gasteiger partial charge in [0.2, 0.25) is 0 Å². The van der Waals surface area contributed by atoms with Gasteiger partial charge in [-0.15, -0.1) is 0 Å². The van der Waals surface area contributed by atoms with Gasteiger partial charge in [0.25, 0.3) is 0 Å². The summed E-state index contributed by atoms with van der Waals surface area (Å²) >= 11 is 0. The minimum absolute atomic E-state index is 0.221. The van der Waals surface area contributed by atoms with Crippen LogP contribution in [0.15, 0.2) is 12.4 Å². The average Bonchev–Trinajstić information content (AvgIpc) is 2.74. The third-order valence-corrected chi connectivity index (χ3v) is 4.80. The van der Waals surface area contributed by atoms with E-state index in [-0.39, 0.29) is 5.54 Å². The van der Waals surface area contributed by atoms with Gasteiger partial charge in [0.1, 0.15) is 5.82 Å². The highest BCUT2D eigenvalue weighted by molar-refractivity contribution is 4.95. The molecule has 1 aromatic heterocycles. The monoisotopic (exact) mass is 291 g/mol. The van der Waals surface area contributed by atoms with E-state index in [1.165, 1.54) is 37.9 Å². The van der Waals surface area contributed by atoms with Crippen molar-refractivity contribution in [3.8, 4) is 0 Å². The van der Waals surface area contributed by atoms with Crippen molar-refractivity contribution in [2.24, 2.45) is 11.8 Å². The third-order valence-electron chi connectivity index (χ3n) is 4.80. The number of aryl methyl sites for hydroxylation is 1. The Morgan fingerprint density at radius 2 is 1.90 bits per heavy atom. The first-order valence-electron chi connectivity index (χ1n) is 8.74. The van der Waals surface area contributed by atoms with Crippen molar-refractivity contribution in [3.63, 3.8) is 0 Å². The molecule has 1 N–H and O–H groups in total. The Bertz CT molecular complexity index is 416. The van der Waals surface area contributed by atoms with Crippen LogP contribution in [0.2, 0.25) is 0 Å². The second-order valence-corrected chi connectivity index (χ2v) is 7.62. The molecular formula is C18H33N3. The molecule has 3 heteroatoms. The molecule has 0 spiro atoms. The van der Waals surface area contributed by atoms with Gasteiger partial charge in [0, 0.05) is 30.9 Å². The molecule has 0 amide bonds. The molecule has 1 aromatic rings. The van der Waals surface area contributed by atoms with Gasteiger partial charge in [-0.05, 0) is 58.9 Å². The molecule has 0 saturated heterocycles. The van der Waals surface area contributed by atoms with Crippen molar-refractivity contribution in [2.75, 3.05) is 6.54 Å². The van der Waals surface area contributed by atoms with Crippen LogP contribution in [0.3, 0.4) is 0 Å². The van der Waals surface area contributed by atoms with Crippen molar-refractivity contribution in [3.05, 3.63) is 18.2 Å². The van der Waals surface area contributed by atoms with Gasteiger partial charge in [0.05, 0.1) is 0 Å². The molecule has 1 aliphatic carbocycles. The lowest BCUT2D eigenvalue weighted by atomic mass is 9.84. The van der Waals surface area contributed by atoms with Crippen molar-refractivity contribution < 1.29 is 0 Å². The Balaban J connectivity index is 2.01. The zero-order valence-corrected chi connectivity index (χ0v) is 14.4. The molecule has 0 aromatic carbocycles. The first kappa shape index (κ1) is 16.5. The second-order valence-electron chi connectivity index (χ2n) is 7.62. The largest absolute Gasteiger partial charge is 0.335 e. The Hall–Kier alpha value is -0.830. The Labute approximate surface area is 130 Å². The molecule has 0 radical (unpaired) electrons. The summed E-state index contributed by atoms with van der Waals surface area (Å²) in [4.78, 5) is 4.60. The van der Waals surface area contributed by atoms with Gasteiger partial charge in [0.15, 0.2) is 0 Å². The van der Waals surface area contributed by atoms with E-state index >= 15 is 0 Å². The number of nitrogens with zero attached hydrogens (tertiary/aromatic N) is 2. The maximum atomic E-state index is 4.60. The fraction of sp³-hybridized carbons (Fsp3) is 0.833. The number of hydrogen-bond acceptors (Lipinski definition) is 2. The summed E-state index contributed by atoms with van der Waals surface area (Å²) in [6.07, 6.45) is 12.2. The molecule has 2 unspecified atom stereocenters. The molecule has 0 aliphatic heterocycles. The Kier molecular flexibility index (Phi) is 5.86. The van der Waals surface area contributed by atoms with E-state index in [0.29, 0.717) is 0 Å². The third kappa shape index (κ3) is 5.14. The molecule has 1 saturated carbocycles. The molecule has 2 rings (SSSR count). The molecule has 3 nitrogen and oxygen atoms in total. The van der Waals surface area contributed by atoms with Crippen molar-refractivity contribution >= 4 is 0 Å². The van der Waals surface area contributed by atoms with E-state index in [9.17, 15) is 0 Å². The first-order chi connectivity index (χ1) is 9.99. The topological polar surface area (TPSA) is 29.9 Å². The number of hydrogen-bond donors (Lipinski definition) is 1. The fourth-order valence-corrected chi connectivity index (χ4v) is 3.49. The Morgan fingerprint density at radius 1 is 1.19 bits per heavy atom. The van der Waals surface area contributed by atoms with E-state index in [4.69, 9.17) is 0 Å². The summed E-state index contributed by atoms with van der Waals surface area (Å²) in [5.41, 5.74) is 0.221. The zero-order valence-electron chi connectivity index (χ0n) is 14.4. The van der Waals surface area contributed by atoms with Gasteiger partial charge < -0.3 is 9.88 Å². The second kappa shape index (κ2) is 7.44. The Morgan fingerprint density at radius 3 is 2.57 bits per heavy atom. The SMILES string of the molecule is CCn1ccnc1CC1CCCCCC1CNC(C)(C)C. The highest BCUT2D eigenvalue weighted by atomic mass is 15.1. The quantitative estimate of drug-likeness (QED) is 0.830. The summed E-state index contributed by atoms with van der Waals surface area (Å²) in [7, 11) is 0. The standard InChI is InChI=1S/C18H33N3/c1-5-21-12-11-19-17(21)13-15-9-7-6-8-10-16(15)14-20-18(2,3)4/h11-12,15-16,20H,5-10,13-14H2,1-4H3. The summed E-state index contributed by atoms with van der Waals surface area (Å²) in [5, 5.41) is 3.73. The van der Waals surface area contributed by atoms with Gasteiger partial charge in [-0.3, -0.25) is 0 Å². The van der Waals surface area contributed by atoms with Crippen LogP contribution in [0.4, 0.5) is 0 Å². The minimum Gasteiger partial charge on any atom is -0.335 e. The molecule has 1 fully saturated rings. The molecule has 21 heavy (non-hydrogen) atoms. The zero-order chi connectivity index (χ0) is 15.3. The lowest BCUT2D eigenvalue weighted by Crippen LogP contribution is -2.41. The average molecular weight is 291 g/mol. The predicted octanol–water partition coefficient (Wildman–Crippen LogP) is 4.03. The van der Waals surface area contributed by atoms with Crippen LogP contribution in [0.5, 0.6) is 0 Å². The smallest absolute Gasteiger partial charge is 0.108 e. The lowest BCUT2D eigenvalue weighted by molar-refractivity contribution is 0.265. The number of rotatable bonds is 5. The summed E-state index contributed by atoms with van der Waals surface area (Å²) in [5.74, 6) is 2.87. The predicted molar refractivity (Wildman–Crippen MR) is 89.4 cm³/mol. The highest BCUT2D eigenvalue weighted by Crippen LogP contribution is 2.31. The van der Waals surface area contributed by atoms with Crippen LogP contribution in [0.1, 0.15) is 65.6 Å². The van der Waals surface area contributed by atoms with Crippen molar-refractivity contribution in [2.45, 2.75) is 78.3 Å². The molecule has 2 atom stereocenters. The minimum atomic E-state index is 0.221. The summed E-state index contributed by atoms with van der Waals surface area (Å²) in [6.45, 7) is 11.2. The van der Waals surface area contributed by atoms with E-state index in [1.807, 2.05) is 6.20 Å². The van der Waals surface area contributed by atoms with Crippen LogP contribution in [0.25, 0.3) is 0 Å². The van der Waals surface area contributed by atoms with E-state index in [2.05, 4.69) is 48.8 Å². The van der Waals surface area contributed by atoms with Gasteiger partial charge >= 0.3 is 0 Å². The molecule has 1 aliphatic rings. The maximum absolute atomic E-state index is 4.60. The molecular weight excluding hydrogens is 258 g/mol. The van der Waals surface area contributed by atoms with Gasteiger partial charge in [-0.2, -0.15) is 0 Å². The lowest BCUT2D eigenvalue weighted by Gasteiger charge is -2.29. The van der Waals surface area contributed by atoms with Crippen LogP contribution >= 0.6 is 0 Å². The van der Waals surface area contributed by atoms with Crippen molar-refractivity contribution in [1.82, 2.24) is 14.9 Å². The number of aromatic nitrogens is 2. The van der Waals surface area contributed by atoms with Gasteiger partial charge in [-0.25, -0.2) is 4.98 Å². The van der Waals surface area contributed by atoms with Crippen LogP contribution < -0.4 is 5.32 Å². The van der Waals surface area contributed by atoms with E-state index in [0.717, 1.165) is 31.3 Å². The maximum Gasteiger partial charge on any atom is 0.108 e. The first-order valence-corrected chi connectivity index (χ1v) is 8.74. The number of nitrogens with one attached hydrogen (secondary N) is 1. The van der Waals surface area contributed by atoms with Crippen LogP contribution in [-0.2, 0) is 13.0 Å². The van der Waals surface area contributed by atoms with Crippen molar-refractivity contribution in [1.29, 1.82) is 0 Å². The molecule has 120 valence electrons. The van der Waals surface area contributed by atoms with Gasteiger partial charge in [-0.1, -0.05) is 19.3 Å². The van der Waals surface area contributed by atoms with Crippen LogP contribution in [0, 0.1) is 11.8 Å². The van der Waals surface area contributed by atoms with E-state index < -0.39 is 0 Å². The molecule has 0 bridgehead atoms. The highest BCUT2D eigenvalue weighted by Gasteiger charge is 2.26. The summed E-state index contributed by atoms with van der Waals surface area (Å²) < 4.78 is 2.30.